The van der Waals surface area contributed by atoms with Crippen LogP contribution in [0.2, 0.25) is 0 Å². The summed E-state index contributed by atoms with van der Waals surface area (Å²) in [7, 11) is 0. The van der Waals surface area contributed by atoms with Gasteiger partial charge in [-0.3, -0.25) is 0 Å². The van der Waals surface area contributed by atoms with Gasteiger partial charge in [0.25, 0.3) is 0 Å². The first-order valence-electron chi connectivity index (χ1n) is 6.67. The SMILES string of the molecule is Cc1ccc2oc(C(N)c3ccc(F)cc3Br)c(C)c2c1. The predicted molar refractivity (Wildman–Crippen MR) is 85.8 cm³/mol. The molecule has 2 aromatic carbocycles. The average molecular weight is 348 g/mol. The predicted octanol–water partition coefficient (Wildman–Crippen LogP) is 5.00. The standard InChI is InChI=1S/C17H15BrFNO/c1-9-3-6-15-13(7-9)10(2)17(21-15)16(20)12-5-4-11(19)8-14(12)18/h3-8,16H,20H2,1-2H3. The van der Waals surface area contributed by atoms with Gasteiger partial charge in [-0.1, -0.05) is 33.6 Å². The molecule has 0 saturated heterocycles. The number of benzene rings is 2. The number of halogens is 2. The van der Waals surface area contributed by atoms with E-state index in [4.69, 9.17) is 10.2 Å². The Balaban J connectivity index is 2.13. The Labute approximate surface area is 130 Å². The summed E-state index contributed by atoms with van der Waals surface area (Å²) in [5, 5.41) is 1.07. The van der Waals surface area contributed by atoms with E-state index >= 15 is 0 Å². The molecule has 0 aliphatic heterocycles. The fraction of sp³-hybridized carbons (Fsp3) is 0.176. The lowest BCUT2D eigenvalue weighted by atomic mass is 10.0. The van der Waals surface area contributed by atoms with Crippen molar-refractivity contribution in [3.63, 3.8) is 0 Å². The molecule has 0 aliphatic rings. The third kappa shape index (κ3) is 2.49. The van der Waals surface area contributed by atoms with Crippen molar-refractivity contribution >= 4 is 26.9 Å². The third-order valence-electron chi connectivity index (χ3n) is 3.71. The Morgan fingerprint density at radius 3 is 2.62 bits per heavy atom. The maximum Gasteiger partial charge on any atom is 0.134 e. The van der Waals surface area contributed by atoms with Crippen LogP contribution < -0.4 is 5.73 Å². The molecule has 0 spiro atoms. The molecule has 1 heterocycles. The number of fused-ring (bicyclic) bond motifs is 1. The number of nitrogens with two attached hydrogens (primary N) is 1. The van der Waals surface area contributed by atoms with Crippen LogP contribution in [0.1, 0.15) is 28.5 Å². The fourth-order valence-electron chi connectivity index (χ4n) is 2.55. The summed E-state index contributed by atoms with van der Waals surface area (Å²) in [5.41, 5.74) is 10.1. The van der Waals surface area contributed by atoms with E-state index in [1.165, 1.54) is 17.7 Å². The monoisotopic (exact) mass is 347 g/mol. The van der Waals surface area contributed by atoms with Gasteiger partial charge in [-0.05, 0) is 43.7 Å². The molecule has 3 rings (SSSR count). The minimum absolute atomic E-state index is 0.297. The molecule has 2 N–H and O–H groups in total. The van der Waals surface area contributed by atoms with E-state index in [1.807, 2.05) is 26.0 Å². The molecule has 0 amide bonds. The zero-order valence-corrected chi connectivity index (χ0v) is 13.4. The van der Waals surface area contributed by atoms with Gasteiger partial charge in [-0.2, -0.15) is 0 Å². The van der Waals surface area contributed by atoms with Gasteiger partial charge in [-0.25, -0.2) is 4.39 Å². The third-order valence-corrected chi connectivity index (χ3v) is 4.40. The van der Waals surface area contributed by atoms with Crippen molar-refractivity contribution in [2.24, 2.45) is 5.73 Å². The molecule has 1 unspecified atom stereocenters. The summed E-state index contributed by atoms with van der Waals surface area (Å²) in [6.45, 7) is 4.04. The van der Waals surface area contributed by atoms with Crippen LogP contribution in [0.25, 0.3) is 11.0 Å². The second-order valence-corrected chi connectivity index (χ2v) is 6.09. The van der Waals surface area contributed by atoms with E-state index in [0.29, 0.717) is 10.2 Å². The van der Waals surface area contributed by atoms with Crippen LogP contribution in [0, 0.1) is 19.7 Å². The van der Waals surface area contributed by atoms with E-state index in [2.05, 4.69) is 22.0 Å². The molecule has 108 valence electrons. The topological polar surface area (TPSA) is 39.2 Å². The van der Waals surface area contributed by atoms with E-state index in [1.54, 1.807) is 6.07 Å². The molecule has 0 aliphatic carbocycles. The highest BCUT2D eigenvalue weighted by Gasteiger charge is 2.20. The summed E-state index contributed by atoms with van der Waals surface area (Å²) in [4.78, 5) is 0. The Morgan fingerprint density at radius 2 is 1.90 bits per heavy atom. The van der Waals surface area contributed by atoms with Gasteiger partial charge in [0.05, 0.1) is 6.04 Å². The Hall–Kier alpha value is -1.65. The highest BCUT2D eigenvalue weighted by Crippen LogP contribution is 2.34. The molecule has 3 aromatic rings. The summed E-state index contributed by atoms with van der Waals surface area (Å²) >= 11 is 3.36. The largest absolute Gasteiger partial charge is 0.459 e. The lowest BCUT2D eigenvalue weighted by Crippen LogP contribution is -2.12. The van der Waals surface area contributed by atoms with Crippen molar-refractivity contribution < 1.29 is 8.81 Å². The van der Waals surface area contributed by atoms with E-state index in [0.717, 1.165) is 22.1 Å². The zero-order valence-electron chi connectivity index (χ0n) is 11.8. The van der Waals surface area contributed by atoms with Gasteiger partial charge in [0.15, 0.2) is 0 Å². The van der Waals surface area contributed by atoms with Crippen LogP contribution >= 0.6 is 15.9 Å². The minimum Gasteiger partial charge on any atom is -0.459 e. The molecular formula is C17H15BrFNO. The lowest BCUT2D eigenvalue weighted by Gasteiger charge is -2.12. The van der Waals surface area contributed by atoms with Crippen LogP contribution in [-0.2, 0) is 0 Å². The summed E-state index contributed by atoms with van der Waals surface area (Å²) in [5.74, 6) is 0.415. The highest BCUT2D eigenvalue weighted by molar-refractivity contribution is 9.10. The molecule has 0 saturated carbocycles. The Kier molecular flexibility index (Phi) is 3.59. The van der Waals surface area contributed by atoms with Crippen LogP contribution in [0.15, 0.2) is 45.3 Å². The number of hydrogen-bond donors (Lipinski definition) is 1. The molecule has 21 heavy (non-hydrogen) atoms. The quantitative estimate of drug-likeness (QED) is 0.708. The Bertz CT molecular complexity index is 825. The van der Waals surface area contributed by atoms with Gasteiger partial charge in [0.1, 0.15) is 17.2 Å². The number of hydrogen-bond acceptors (Lipinski definition) is 2. The van der Waals surface area contributed by atoms with Crippen molar-refractivity contribution in [1.82, 2.24) is 0 Å². The molecule has 4 heteroatoms. The number of aryl methyl sites for hydroxylation is 2. The first kappa shape index (κ1) is 14.3. The van der Waals surface area contributed by atoms with E-state index < -0.39 is 6.04 Å². The number of furan rings is 1. The van der Waals surface area contributed by atoms with Crippen LogP contribution in [0.5, 0.6) is 0 Å². The van der Waals surface area contributed by atoms with Crippen LogP contribution in [0.4, 0.5) is 4.39 Å². The highest BCUT2D eigenvalue weighted by atomic mass is 79.9. The lowest BCUT2D eigenvalue weighted by molar-refractivity contribution is 0.520. The van der Waals surface area contributed by atoms with Crippen molar-refractivity contribution in [2.45, 2.75) is 19.9 Å². The maximum absolute atomic E-state index is 13.2. The summed E-state index contributed by atoms with van der Waals surface area (Å²) < 4.78 is 19.8. The van der Waals surface area contributed by atoms with E-state index in [-0.39, 0.29) is 5.82 Å². The molecule has 1 aromatic heterocycles. The second-order valence-electron chi connectivity index (χ2n) is 5.23. The van der Waals surface area contributed by atoms with Gasteiger partial charge in [0, 0.05) is 15.4 Å². The molecule has 0 bridgehead atoms. The summed E-state index contributed by atoms with van der Waals surface area (Å²) in [6, 6.07) is 10.1. The molecule has 0 fully saturated rings. The van der Waals surface area contributed by atoms with Crippen LogP contribution in [-0.4, -0.2) is 0 Å². The van der Waals surface area contributed by atoms with Gasteiger partial charge in [-0.15, -0.1) is 0 Å². The van der Waals surface area contributed by atoms with Crippen LogP contribution in [0.3, 0.4) is 0 Å². The molecule has 1 atom stereocenters. The van der Waals surface area contributed by atoms with Crippen molar-refractivity contribution in [2.75, 3.05) is 0 Å². The first-order chi connectivity index (χ1) is 9.97. The van der Waals surface area contributed by atoms with E-state index in [9.17, 15) is 4.39 Å². The second kappa shape index (κ2) is 5.28. The fourth-order valence-corrected chi connectivity index (χ4v) is 3.14. The molecule has 0 radical (unpaired) electrons. The minimum atomic E-state index is -0.437. The summed E-state index contributed by atoms with van der Waals surface area (Å²) in [6.07, 6.45) is 0. The zero-order chi connectivity index (χ0) is 15.1. The average Bonchev–Trinajstić information content (AvgIpc) is 2.75. The van der Waals surface area contributed by atoms with Crippen molar-refractivity contribution in [3.8, 4) is 0 Å². The smallest absolute Gasteiger partial charge is 0.134 e. The van der Waals surface area contributed by atoms with Gasteiger partial charge in [0.2, 0.25) is 0 Å². The van der Waals surface area contributed by atoms with Gasteiger partial charge >= 0.3 is 0 Å². The normalized spacial score (nSPS) is 12.8. The number of rotatable bonds is 2. The maximum atomic E-state index is 13.2. The van der Waals surface area contributed by atoms with Crippen molar-refractivity contribution in [3.05, 3.63) is 69.1 Å². The first-order valence-corrected chi connectivity index (χ1v) is 7.47. The molecule has 2 nitrogen and oxygen atoms in total. The van der Waals surface area contributed by atoms with Crippen molar-refractivity contribution in [1.29, 1.82) is 0 Å². The Morgan fingerprint density at radius 1 is 1.14 bits per heavy atom. The molecular weight excluding hydrogens is 333 g/mol. The van der Waals surface area contributed by atoms with Gasteiger partial charge < -0.3 is 10.2 Å².